The van der Waals surface area contributed by atoms with Crippen molar-refractivity contribution in [3.8, 4) is 5.75 Å². The monoisotopic (exact) mass is 397 g/mol. The number of ether oxygens (including phenoxy) is 1. The molecule has 0 aliphatic carbocycles. The first kappa shape index (κ1) is 20.6. The highest BCUT2D eigenvalue weighted by Crippen LogP contribution is 2.27. The molecule has 0 spiro atoms. The predicted molar refractivity (Wildman–Crippen MR) is 114 cm³/mol. The SMILES string of the molecule is Cc1nccc2c1c(=O)n(C)c1cc(OC(C)[C@H](CC(C)C)NC(=O)O)ccc21. The highest BCUT2D eigenvalue weighted by atomic mass is 16.5. The number of benzene rings is 1. The van der Waals surface area contributed by atoms with E-state index in [-0.39, 0.29) is 17.7 Å². The molecule has 1 unspecified atom stereocenters. The Morgan fingerprint density at radius 3 is 2.62 bits per heavy atom. The van der Waals surface area contributed by atoms with Crippen LogP contribution in [0.4, 0.5) is 4.79 Å². The largest absolute Gasteiger partial charge is 0.489 e. The molecule has 2 aromatic heterocycles. The Morgan fingerprint density at radius 1 is 1.24 bits per heavy atom. The molecular formula is C22H27N3O4. The van der Waals surface area contributed by atoms with Gasteiger partial charge in [0.05, 0.1) is 22.6 Å². The van der Waals surface area contributed by atoms with Crippen LogP contribution in [0.1, 0.15) is 32.9 Å². The van der Waals surface area contributed by atoms with Crippen molar-refractivity contribution in [2.75, 3.05) is 0 Å². The van der Waals surface area contributed by atoms with Gasteiger partial charge in [-0.1, -0.05) is 13.8 Å². The Balaban J connectivity index is 2.01. The fourth-order valence-electron chi connectivity index (χ4n) is 3.76. The molecule has 1 amide bonds. The zero-order chi connectivity index (χ0) is 21.3. The average molecular weight is 397 g/mol. The quantitative estimate of drug-likeness (QED) is 0.616. The topological polar surface area (TPSA) is 93.5 Å². The van der Waals surface area contributed by atoms with E-state index in [1.807, 2.05) is 52.0 Å². The van der Waals surface area contributed by atoms with Gasteiger partial charge in [0.1, 0.15) is 11.9 Å². The summed E-state index contributed by atoms with van der Waals surface area (Å²) in [7, 11) is 1.73. The minimum absolute atomic E-state index is 0.103. The smallest absolute Gasteiger partial charge is 0.405 e. The number of amides is 1. The standard InChI is InChI=1S/C22H27N3O4/c1-12(2)10-18(24-22(27)28)14(4)29-15-6-7-16-17-8-9-23-13(3)20(17)21(26)25(5)19(16)11-15/h6-9,11-12,14,18,24H,10H2,1-5H3,(H,27,28)/t14?,18-/m0/s1. The van der Waals surface area contributed by atoms with Crippen molar-refractivity contribution in [2.45, 2.75) is 46.3 Å². The molecule has 0 aliphatic rings. The number of hydrogen-bond acceptors (Lipinski definition) is 4. The number of carboxylic acid groups (broad SMARTS) is 1. The van der Waals surface area contributed by atoms with Crippen molar-refractivity contribution in [1.29, 1.82) is 0 Å². The number of hydrogen-bond donors (Lipinski definition) is 2. The van der Waals surface area contributed by atoms with Crippen LogP contribution in [-0.2, 0) is 7.05 Å². The van der Waals surface area contributed by atoms with Crippen molar-refractivity contribution in [2.24, 2.45) is 13.0 Å². The van der Waals surface area contributed by atoms with Gasteiger partial charge in [0, 0.05) is 24.7 Å². The van der Waals surface area contributed by atoms with Crippen molar-refractivity contribution in [3.05, 3.63) is 46.5 Å². The molecule has 0 radical (unpaired) electrons. The summed E-state index contributed by atoms with van der Waals surface area (Å²) in [4.78, 5) is 28.2. The lowest BCUT2D eigenvalue weighted by atomic mass is 10.00. The van der Waals surface area contributed by atoms with Gasteiger partial charge in [-0.25, -0.2) is 4.79 Å². The fourth-order valence-corrected chi connectivity index (χ4v) is 3.76. The molecule has 0 saturated carbocycles. The molecule has 3 aromatic rings. The molecule has 154 valence electrons. The maximum atomic E-state index is 12.9. The molecule has 2 heterocycles. The third kappa shape index (κ3) is 4.18. The summed E-state index contributed by atoms with van der Waals surface area (Å²) in [5.74, 6) is 0.907. The van der Waals surface area contributed by atoms with E-state index in [2.05, 4.69) is 10.3 Å². The van der Waals surface area contributed by atoms with E-state index in [1.54, 1.807) is 17.8 Å². The summed E-state index contributed by atoms with van der Waals surface area (Å²) < 4.78 is 7.67. The van der Waals surface area contributed by atoms with Crippen LogP contribution in [0, 0.1) is 12.8 Å². The van der Waals surface area contributed by atoms with E-state index >= 15 is 0 Å². The van der Waals surface area contributed by atoms with E-state index < -0.39 is 6.09 Å². The van der Waals surface area contributed by atoms with Crippen molar-refractivity contribution < 1.29 is 14.6 Å². The van der Waals surface area contributed by atoms with Gasteiger partial charge in [0.25, 0.3) is 5.56 Å². The Hall–Kier alpha value is -3.09. The van der Waals surface area contributed by atoms with Crippen molar-refractivity contribution in [1.82, 2.24) is 14.9 Å². The zero-order valence-corrected chi connectivity index (χ0v) is 17.4. The first-order chi connectivity index (χ1) is 13.7. The maximum Gasteiger partial charge on any atom is 0.405 e. The zero-order valence-electron chi connectivity index (χ0n) is 17.4. The van der Waals surface area contributed by atoms with Crippen LogP contribution in [0.3, 0.4) is 0 Å². The molecule has 7 heteroatoms. The molecule has 2 atom stereocenters. The van der Waals surface area contributed by atoms with Crippen LogP contribution in [0.25, 0.3) is 21.7 Å². The van der Waals surface area contributed by atoms with E-state index in [1.165, 1.54) is 0 Å². The second-order valence-corrected chi connectivity index (χ2v) is 7.87. The highest BCUT2D eigenvalue weighted by molar-refractivity contribution is 6.06. The Morgan fingerprint density at radius 2 is 1.97 bits per heavy atom. The molecule has 0 fully saturated rings. The Labute approximate surface area is 169 Å². The van der Waals surface area contributed by atoms with Gasteiger partial charge >= 0.3 is 6.09 Å². The van der Waals surface area contributed by atoms with Gasteiger partial charge < -0.3 is 19.7 Å². The number of nitrogens with zero attached hydrogens (tertiary/aromatic N) is 2. The number of pyridine rings is 2. The molecule has 29 heavy (non-hydrogen) atoms. The van der Waals surface area contributed by atoms with Crippen molar-refractivity contribution in [3.63, 3.8) is 0 Å². The fraction of sp³-hybridized carbons (Fsp3) is 0.409. The van der Waals surface area contributed by atoms with Gasteiger partial charge in [0.2, 0.25) is 0 Å². The van der Waals surface area contributed by atoms with Crippen LogP contribution in [0.5, 0.6) is 5.75 Å². The van der Waals surface area contributed by atoms with E-state index in [9.17, 15) is 9.59 Å². The highest BCUT2D eigenvalue weighted by Gasteiger charge is 2.22. The maximum absolute atomic E-state index is 12.9. The van der Waals surface area contributed by atoms with Crippen LogP contribution in [0.2, 0.25) is 0 Å². The number of nitrogens with one attached hydrogen (secondary N) is 1. The summed E-state index contributed by atoms with van der Waals surface area (Å²) in [6.07, 6.45) is 0.936. The third-order valence-electron chi connectivity index (χ3n) is 5.20. The molecule has 0 bridgehead atoms. The van der Waals surface area contributed by atoms with Crippen LogP contribution >= 0.6 is 0 Å². The molecule has 7 nitrogen and oxygen atoms in total. The van der Waals surface area contributed by atoms with Crippen LogP contribution in [-0.4, -0.2) is 32.9 Å². The van der Waals surface area contributed by atoms with Crippen molar-refractivity contribution >= 4 is 27.8 Å². The average Bonchev–Trinajstić information content (AvgIpc) is 2.64. The number of aromatic nitrogens is 2. The van der Waals surface area contributed by atoms with Crippen LogP contribution < -0.4 is 15.6 Å². The van der Waals surface area contributed by atoms with Gasteiger partial charge in [0.15, 0.2) is 0 Å². The number of carbonyl (C=O) groups is 1. The first-order valence-electron chi connectivity index (χ1n) is 9.73. The van der Waals surface area contributed by atoms with E-state index in [0.29, 0.717) is 29.2 Å². The van der Waals surface area contributed by atoms with Gasteiger partial charge in [-0.3, -0.25) is 9.78 Å². The molecule has 1 aromatic carbocycles. The first-order valence-corrected chi connectivity index (χ1v) is 9.73. The second-order valence-electron chi connectivity index (χ2n) is 7.87. The molecule has 0 saturated heterocycles. The second kappa shape index (κ2) is 8.11. The molecule has 2 N–H and O–H groups in total. The van der Waals surface area contributed by atoms with E-state index in [0.717, 1.165) is 16.3 Å². The lowest BCUT2D eigenvalue weighted by Gasteiger charge is -2.26. The lowest BCUT2D eigenvalue weighted by molar-refractivity contribution is 0.141. The normalized spacial score (nSPS) is 13.6. The van der Waals surface area contributed by atoms with E-state index in [4.69, 9.17) is 9.84 Å². The summed E-state index contributed by atoms with van der Waals surface area (Å²) >= 11 is 0. The minimum atomic E-state index is -1.07. The predicted octanol–water partition coefficient (Wildman–Crippen LogP) is 3.84. The van der Waals surface area contributed by atoms with Crippen LogP contribution in [0.15, 0.2) is 35.3 Å². The molecule has 0 aliphatic heterocycles. The summed E-state index contributed by atoms with van der Waals surface area (Å²) in [6.45, 7) is 7.76. The molecular weight excluding hydrogens is 370 g/mol. The number of fused-ring (bicyclic) bond motifs is 3. The molecule has 3 rings (SSSR count). The summed E-state index contributed by atoms with van der Waals surface area (Å²) in [6, 6.07) is 7.13. The number of rotatable bonds is 6. The third-order valence-corrected chi connectivity index (χ3v) is 5.20. The Bertz CT molecular complexity index is 1120. The van der Waals surface area contributed by atoms with Gasteiger partial charge in [-0.2, -0.15) is 0 Å². The van der Waals surface area contributed by atoms with Gasteiger partial charge in [-0.05, 0) is 49.8 Å². The lowest BCUT2D eigenvalue weighted by Crippen LogP contribution is -2.44. The summed E-state index contributed by atoms with van der Waals surface area (Å²) in [5.41, 5.74) is 1.35. The number of aryl methyl sites for hydroxylation is 2. The summed E-state index contributed by atoms with van der Waals surface area (Å²) in [5, 5.41) is 14.1. The Kier molecular flexibility index (Phi) is 5.77. The minimum Gasteiger partial charge on any atom is -0.489 e. The van der Waals surface area contributed by atoms with Gasteiger partial charge in [-0.15, -0.1) is 0 Å².